The Balaban J connectivity index is 5.52. The van der Waals surface area contributed by atoms with Crippen LogP contribution in [0.25, 0.3) is 0 Å². The maximum Gasteiger partial charge on any atom is 0.472 e. The van der Waals surface area contributed by atoms with Crippen molar-refractivity contribution in [2.24, 2.45) is 0 Å². The molecule has 0 aliphatic heterocycles. The summed E-state index contributed by atoms with van der Waals surface area (Å²) in [5, 5.41) is 10.6. The molecule has 0 aliphatic carbocycles. The van der Waals surface area contributed by atoms with E-state index in [4.69, 9.17) is 37.0 Å². The molecule has 0 spiro atoms. The summed E-state index contributed by atoms with van der Waals surface area (Å²) < 4.78 is 68.3. The number of phosphoric acid groups is 2. The van der Waals surface area contributed by atoms with Gasteiger partial charge >= 0.3 is 39.5 Å². The number of ether oxygens (including phenoxy) is 4. The molecular weight excluding hydrogens is 1350 g/mol. The average molecular weight is 1490 g/mol. The monoisotopic (exact) mass is 1490 g/mol. The van der Waals surface area contributed by atoms with Gasteiger partial charge in [0.15, 0.2) is 12.2 Å². The summed E-state index contributed by atoms with van der Waals surface area (Å²) in [7, 11) is -10.0. The van der Waals surface area contributed by atoms with Crippen molar-refractivity contribution in [3.05, 3.63) is 182 Å². The molecule has 0 rings (SSSR count). The number of hydrogen-bond donors (Lipinski definition) is 3. The normalized spacial score (nSPS) is 14.9. The molecule has 588 valence electrons. The molecule has 5 atom stereocenters. The highest BCUT2D eigenvalue weighted by Crippen LogP contribution is 2.45. The minimum Gasteiger partial charge on any atom is -0.462 e. The number of phosphoric ester groups is 2. The molecule has 0 radical (unpaired) electrons. The molecule has 0 bridgehead atoms. The lowest BCUT2D eigenvalue weighted by Crippen LogP contribution is -2.30. The van der Waals surface area contributed by atoms with Gasteiger partial charge in [0.05, 0.1) is 32.8 Å². The first-order chi connectivity index (χ1) is 50.7. The summed E-state index contributed by atoms with van der Waals surface area (Å²) in [6.45, 7) is 4.29. The second-order valence-electron chi connectivity index (χ2n) is 25.2. The topological polar surface area (TPSA) is 237 Å². The zero-order valence-electron chi connectivity index (χ0n) is 64.1. The van der Waals surface area contributed by atoms with Crippen molar-refractivity contribution in [3.63, 3.8) is 0 Å². The van der Waals surface area contributed by atoms with E-state index in [0.717, 1.165) is 135 Å². The first kappa shape index (κ1) is 98.2. The fraction of sp³-hybridized carbons (Fsp3) is 0.600. The second kappa shape index (κ2) is 75.4. The van der Waals surface area contributed by atoms with Crippen LogP contribution >= 0.6 is 15.6 Å². The fourth-order valence-electron chi connectivity index (χ4n) is 9.59. The Bertz CT molecular complexity index is 2690. The number of carbonyl (C=O) groups excluding carboxylic acids is 4. The molecule has 5 unspecified atom stereocenters. The van der Waals surface area contributed by atoms with E-state index in [9.17, 15) is 43.2 Å². The van der Waals surface area contributed by atoms with Crippen LogP contribution in [0.4, 0.5) is 0 Å². The van der Waals surface area contributed by atoms with Gasteiger partial charge in [-0.2, -0.15) is 0 Å². The summed E-state index contributed by atoms with van der Waals surface area (Å²) >= 11 is 0. The van der Waals surface area contributed by atoms with Crippen LogP contribution in [0.2, 0.25) is 0 Å². The van der Waals surface area contributed by atoms with Crippen molar-refractivity contribution in [1.29, 1.82) is 0 Å². The summed E-state index contributed by atoms with van der Waals surface area (Å²) in [6.07, 6.45) is 90.6. The molecule has 0 fully saturated rings. The Morgan fingerprint density at radius 2 is 0.548 bits per heavy atom. The number of unbranched alkanes of at least 4 members (excludes halogenated alkanes) is 16. The molecule has 0 aromatic rings. The number of hydrogen-bond acceptors (Lipinski definition) is 15. The minimum atomic E-state index is -5.01. The number of carbonyl (C=O) groups is 4. The van der Waals surface area contributed by atoms with Gasteiger partial charge < -0.3 is 33.8 Å². The molecule has 0 saturated carbocycles. The van der Waals surface area contributed by atoms with Gasteiger partial charge in [0.25, 0.3) is 0 Å². The zero-order valence-corrected chi connectivity index (χ0v) is 65.9. The van der Waals surface area contributed by atoms with Gasteiger partial charge in [0.1, 0.15) is 19.3 Å². The fourth-order valence-corrected chi connectivity index (χ4v) is 11.2. The first-order valence-electron chi connectivity index (χ1n) is 39.0. The highest BCUT2D eigenvalue weighted by atomic mass is 31.2. The van der Waals surface area contributed by atoms with Gasteiger partial charge in [-0.25, -0.2) is 9.13 Å². The van der Waals surface area contributed by atoms with E-state index in [2.05, 4.69) is 174 Å². The van der Waals surface area contributed by atoms with Gasteiger partial charge in [0, 0.05) is 19.3 Å². The van der Waals surface area contributed by atoms with Gasteiger partial charge in [-0.1, -0.05) is 293 Å². The third kappa shape index (κ3) is 74.4. The molecule has 0 aliphatic rings. The van der Waals surface area contributed by atoms with E-state index >= 15 is 0 Å². The predicted octanol–water partition coefficient (Wildman–Crippen LogP) is 22.8. The van der Waals surface area contributed by atoms with Gasteiger partial charge in [-0.05, 0) is 135 Å². The van der Waals surface area contributed by atoms with Crippen LogP contribution in [0.15, 0.2) is 182 Å². The Morgan fingerprint density at radius 3 is 0.894 bits per heavy atom. The summed E-state index contributed by atoms with van der Waals surface area (Å²) in [6, 6.07) is 0. The maximum absolute atomic E-state index is 13.1. The molecule has 0 aromatic heterocycles. The summed E-state index contributed by atoms with van der Waals surface area (Å²) in [5.74, 6) is -2.44. The van der Waals surface area contributed by atoms with E-state index in [0.29, 0.717) is 32.1 Å². The van der Waals surface area contributed by atoms with Gasteiger partial charge in [-0.15, -0.1) is 0 Å². The Hall–Kier alpha value is -5.84. The van der Waals surface area contributed by atoms with Crippen LogP contribution in [-0.4, -0.2) is 96.7 Å². The Labute approximate surface area is 628 Å². The van der Waals surface area contributed by atoms with Crippen LogP contribution in [0.3, 0.4) is 0 Å². The summed E-state index contributed by atoms with van der Waals surface area (Å²) in [5.41, 5.74) is 0. The molecule has 0 saturated heterocycles. The van der Waals surface area contributed by atoms with Crippen LogP contribution in [0, 0.1) is 0 Å². The second-order valence-corrected chi connectivity index (χ2v) is 28.1. The number of allylic oxidation sites excluding steroid dienone is 29. The number of rotatable bonds is 71. The third-order valence-corrected chi connectivity index (χ3v) is 17.3. The molecule has 3 N–H and O–H groups in total. The molecule has 0 aromatic carbocycles. The molecule has 17 nitrogen and oxygen atoms in total. The van der Waals surface area contributed by atoms with Gasteiger partial charge in [0.2, 0.25) is 0 Å². The predicted molar refractivity (Wildman–Crippen MR) is 426 cm³/mol. The zero-order chi connectivity index (χ0) is 76.0. The summed E-state index contributed by atoms with van der Waals surface area (Å²) in [4.78, 5) is 72.9. The van der Waals surface area contributed by atoms with Crippen molar-refractivity contribution >= 4 is 39.5 Å². The van der Waals surface area contributed by atoms with Gasteiger partial charge in [-0.3, -0.25) is 37.3 Å². The molecule has 19 heteroatoms. The highest BCUT2D eigenvalue weighted by Gasteiger charge is 2.30. The van der Waals surface area contributed by atoms with Crippen LogP contribution in [0.5, 0.6) is 0 Å². The van der Waals surface area contributed by atoms with E-state index in [1.165, 1.54) is 51.4 Å². The van der Waals surface area contributed by atoms with Crippen molar-refractivity contribution in [2.45, 2.75) is 290 Å². The molecule has 104 heavy (non-hydrogen) atoms. The van der Waals surface area contributed by atoms with Crippen molar-refractivity contribution in [3.8, 4) is 0 Å². The van der Waals surface area contributed by atoms with E-state index in [-0.39, 0.29) is 25.7 Å². The Morgan fingerprint density at radius 1 is 0.288 bits per heavy atom. The van der Waals surface area contributed by atoms with E-state index in [1.807, 2.05) is 30.4 Å². The molecule has 0 heterocycles. The highest BCUT2D eigenvalue weighted by molar-refractivity contribution is 7.47. The largest absolute Gasteiger partial charge is 0.472 e. The minimum absolute atomic E-state index is 0.000224. The molecule has 0 amide bonds. The lowest BCUT2D eigenvalue weighted by Gasteiger charge is -2.21. The number of esters is 4. The standard InChI is InChI=1S/C85H136O17P2/c1-5-9-13-17-21-25-29-33-36-38-39-41-43-47-50-54-58-62-66-70-83(88)96-76-81(102-85(90)72-68-64-60-56-52-48-44-40-37-34-30-26-22-18-14-10-6-2)78-100-104(93,94)98-74-79(86)73-97-103(91,92)99-77-80(101-84(89)71-67-63-59-55-51-45-32-28-24-20-16-12-8-4)75-95-82(87)69-65-61-57-53-49-46-42-35-31-27-23-19-15-11-7-3/h9-11,13-15,21-23,25-27,33-37,39,41-42,44,47-50,53,56,60-61,65,79-81,86H,5-8,12,16-20,24,28-32,38,40,43,45-46,51-52,54-55,57-59,62-64,66-78H2,1-4H3,(H,91,92)(H,93,94)/b13-9-,14-10-,15-11-,25-21-,26-22-,27-23-,36-33-,37-34-,41-39-,42-35-,48-44-,50-47-,53-49-,60-56-,65-61-. The van der Waals surface area contributed by atoms with Crippen LogP contribution < -0.4 is 0 Å². The van der Waals surface area contributed by atoms with Crippen LogP contribution in [0.1, 0.15) is 272 Å². The lowest BCUT2D eigenvalue weighted by atomic mass is 10.0. The van der Waals surface area contributed by atoms with E-state index < -0.39 is 97.5 Å². The smallest absolute Gasteiger partial charge is 0.462 e. The third-order valence-electron chi connectivity index (χ3n) is 15.4. The lowest BCUT2D eigenvalue weighted by molar-refractivity contribution is -0.161. The molecular formula is C85H136O17P2. The van der Waals surface area contributed by atoms with E-state index in [1.54, 1.807) is 6.08 Å². The quantitative estimate of drug-likeness (QED) is 0.0169. The average Bonchev–Trinajstić information content (AvgIpc) is 0.911. The van der Waals surface area contributed by atoms with Crippen molar-refractivity contribution < 1.29 is 80.2 Å². The van der Waals surface area contributed by atoms with Crippen molar-refractivity contribution in [1.82, 2.24) is 0 Å². The first-order valence-corrected chi connectivity index (χ1v) is 42.0. The number of aliphatic hydroxyl groups excluding tert-OH is 1. The van der Waals surface area contributed by atoms with Crippen molar-refractivity contribution in [2.75, 3.05) is 39.6 Å². The maximum atomic E-state index is 13.1. The Kier molecular flexibility index (Phi) is 71.2. The van der Waals surface area contributed by atoms with Crippen LogP contribution in [-0.2, 0) is 65.4 Å². The SMILES string of the molecule is CC/C=C\C/C=C\C/C=C\C/C=C\C/C=C\CCCCCC(=O)OCC(COP(=O)(O)OCC(O)COP(=O)(O)OCC(COC(=O)C/C=C\C/C=C\C/C=C\C/C=C\C/C=C\CC)OC(=O)CCCCCCCCCCCCCCC)OC(=O)CCC/C=C\C/C=C\C/C=C\C/C=C\C/C=C\CC. The number of aliphatic hydroxyl groups is 1.